The number of pyridine rings is 1. The van der Waals surface area contributed by atoms with Crippen molar-refractivity contribution >= 4 is 23.3 Å². The first-order valence-corrected chi connectivity index (χ1v) is 7.22. The number of hydrogen-bond acceptors (Lipinski definition) is 3. The van der Waals surface area contributed by atoms with Crippen LogP contribution >= 0.6 is 11.6 Å². The van der Waals surface area contributed by atoms with Gasteiger partial charge >= 0.3 is 0 Å². The second kappa shape index (κ2) is 7.09. The molecule has 0 aliphatic carbocycles. The van der Waals surface area contributed by atoms with E-state index < -0.39 is 0 Å². The van der Waals surface area contributed by atoms with Gasteiger partial charge in [0.2, 0.25) is 0 Å². The number of hydrogen-bond donors (Lipinski definition) is 2. The lowest BCUT2D eigenvalue weighted by Gasteiger charge is -2.10. The van der Waals surface area contributed by atoms with Crippen molar-refractivity contribution in [2.45, 2.75) is 19.9 Å². The summed E-state index contributed by atoms with van der Waals surface area (Å²) in [5.41, 5.74) is 2.86. The Hall–Kier alpha value is -2.07. The van der Waals surface area contributed by atoms with Gasteiger partial charge in [-0.05, 0) is 29.7 Å². The minimum atomic E-state index is -0.165. The molecule has 0 radical (unpaired) electrons. The van der Waals surface area contributed by atoms with Crippen LogP contribution in [0.2, 0.25) is 5.15 Å². The van der Waals surface area contributed by atoms with Crippen LogP contribution in [0.5, 0.6) is 0 Å². The van der Waals surface area contributed by atoms with E-state index >= 15 is 0 Å². The number of aromatic nitrogens is 1. The molecule has 1 amide bonds. The van der Waals surface area contributed by atoms with Gasteiger partial charge in [-0.3, -0.25) is 4.79 Å². The van der Waals surface area contributed by atoms with Gasteiger partial charge < -0.3 is 10.6 Å². The van der Waals surface area contributed by atoms with Gasteiger partial charge in [0, 0.05) is 19.2 Å². The first-order valence-electron chi connectivity index (χ1n) is 6.84. The molecular weight excluding hydrogens is 286 g/mol. The number of anilines is 1. The maximum atomic E-state index is 12.2. The van der Waals surface area contributed by atoms with E-state index in [0.717, 1.165) is 12.0 Å². The molecule has 4 nitrogen and oxygen atoms in total. The van der Waals surface area contributed by atoms with Gasteiger partial charge in [0.15, 0.2) is 0 Å². The molecule has 1 heterocycles. The number of carbonyl (C=O) groups excluding carboxylic acids is 1. The molecule has 0 spiro atoms. The predicted molar refractivity (Wildman–Crippen MR) is 85.8 cm³/mol. The van der Waals surface area contributed by atoms with Gasteiger partial charge in [0.1, 0.15) is 11.0 Å². The maximum absolute atomic E-state index is 12.2. The Morgan fingerprint density at radius 2 is 1.95 bits per heavy atom. The zero-order valence-electron chi connectivity index (χ0n) is 12.1. The maximum Gasteiger partial charge on any atom is 0.251 e. The van der Waals surface area contributed by atoms with Crippen LogP contribution in [0.4, 0.5) is 5.82 Å². The van der Waals surface area contributed by atoms with Crippen LogP contribution in [-0.4, -0.2) is 17.9 Å². The molecule has 2 N–H and O–H groups in total. The van der Waals surface area contributed by atoms with Crippen LogP contribution in [0.25, 0.3) is 0 Å². The van der Waals surface area contributed by atoms with Crippen molar-refractivity contribution in [2.24, 2.45) is 0 Å². The number of aryl methyl sites for hydroxylation is 1. The molecule has 0 saturated carbocycles. The van der Waals surface area contributed by atoms with Gasteiger partial charge in [0.05, 0.1) is 0 Å². The standard InChI is InChI=1S/C16H18ClN3O/c1-3-11-6-4-5-7-12(11)10-19-16(21)13-8-14(17)20-15(9-13)18-2/h4-9H,3,10H2,1-2H3,(H,18,20)(H,19,21). The first-order chi connectivity index (χ1) is 10.1. The van der Waals surface area contributed by atoms with Gasteiger partial charge in [0.25, 0.3) is 5.91 Å². The zero-order chi connectivity index (χ0) is 15.2. The van der Waals surface area contributed by atoms with Crippen molar-refractivity contribution in [1.82, 2.24) is 10.3 Å². The number of nitrogens with one attached hydrogen (secondary N) is 2. The fourth-order valence-electron chi connectivity index (χ4n) is 2.11. The lowest BCUT2D eigenvalue weighted by molar-refractivity contribution is 0.0951. The summed E-state index contributed by atoms with van der Waals surface area (Å²) in [6.07, 6.45) is 0.941. The molecule has 0 unspecified atom stereocenters. The third-order valence-electron chi connectivity index (χ3n) is 3.25. The van der Waals surface area contributed by atoms with Crippen molar-refractivity contribution in [3.63, 3.8) is 0 Å². The van der Waals surface area contributed by atoms with E-state index in [2.05, 4.69) is 28.6 Å². The Balaban J connectivity index is 2.10. The van der Waals surface area contributed by atoms with Crippen LogP contribution in [0.3, 0.4) is 0 Å². The van der Waals surface area contributed by atoms with Crippen molar-refractivity contribution in [1.29, 1.82) is 0 Å². The summed E-state index contributed by atoms with van der Waals surface area (Å²) in [6.45, 7) is 2.60. The van der Waals surface area contributed by atoms with Crippen LogP contribution in [0, 0.1) is 0 Å². The molecule has 0 saturated heterocycles. The number of halogens is 1. The van der Waals surface area contributed by atoms with Crippen LogP contribution in [0.1, 0.15) is 28.4 Å². The number of carbonyl (C=O) groups is 1. The zero-order valence-corrected chi connectivity index (χ0v) is 12.9. The highest BCUT2D eigenvalue weighted by Crippen LogP contribution is 2.15. The number of amides is 1. The van der Waals surface area contributed by atoms with Crippen molar-refractivity contribution in [2.75, 3.05) is 12.4 Å². The summed E-state index contributed by atoms with van der Waals surface area (Å²) >= 11 is 5.91. The highest BCUT2D eigenvalue weighted by molar-refractivity contribution is 6.29. The molecular formula is C16H18ClN3O. The second-order valence-corrected chi connectivity index (χ2v) is 5.01. The van der Waals surface area contributed by atoms with Crippen molar-refractivity contribution in [3.8, 4) is 0 Å². The minimum absolute atomic E-state index is 0.165. The highest BCUT2D eigenvalue weighted by Gasteiger charge is 2.09. The van der Waals surface area contributed by atoms with E-state index in [-0.39, 0.29) is 5.91 Å². The van der Waals surface area contributed by atoms with Crippen LogP contribution < -0.4 is 10.6 Å². The van der Waals surface area contributed by atoms with E-state index in [4.69, 9.17) is 11.6 Å². The molecule has 0 aliphatic heterocycles. The summed E-state index contributed by atoms with van der Waals surface area (Å²) in [5.74, 6) is 0.406. The van der Waals surface area contributed by atoms with E-state index in [1.54, 1.807) is 19.2 Å². The summed E-state index contributed by atoms with van der Waals surface area (Å²) in [6, 6.07) is 11.3. The number of rotatable bonds is 5. The molecule has 0 fully saturated rings. The van der Waals surface area contributed by atoms with Crippen LogP contribution in [-0.2, 0) is 13.0 Å². The average molecular weight is 304 g/mol. The fourth-order valence-corrected chi connectivity index (χ4v) is 2.32. The van der Waals surface area contributed by atoms with E-state index in [1.165, 1.54) is 5.56 Å². The van der Waals surface area contributed by atoms with Gasteiger partial charge in [-0.1, -0.05) is 42.8 Å². The fraction of sp³-hybridized carbons (Fsp3) is 0.250. The Morgan fingerprint density at radius 3 is 2.62 bits per heavy atom. The minimum Gasteiger partial charge on any atom is -0.373 e. The molecule has 5 heteroatoms. The lowest BCUT2D eigenvalue weighted by atomic mass is 10.1. The monoisotopic (exact) mass is 303 g/mol. The Bertz CT molecular complexity index is 643. The molecule has 21 heavy (non-hydrogen) atoms. The molecule has 2 aromatic rings. The third kappa shape index (κ3) is 3.95. The van der Waals surface area contributed by atoms with E-state index in [0.29, 0.717) is 23.1 Å². The van der Waals surface area contributed by atoms with Crippen LogP contribution in [0.15, 0.2) is 36.4 Å². The van der Waals surface area contributed by atoms with Gasteiger partial charge in [-0.25, -0.2) is 4.98 Å². The highest BCUT2D eigenvalue weighted by atomic mass is 35.5. The Kier molecular flexibility index (Phi) is 5.17. The smallest absolute Gasteiger partial charge is 0.251 e. The summed E-state index contributed by atoms with van der Waals surface area (Å²) in [5, 5.41) is 6.09. The number of benzene rings is 1. The molecule has 1 aromatic heterocycles. The first kappa shape index (κ1) is 15.3. The largest absolute Gasteiger partial charge is 0.373 e. The molecule has 0 atom stereocenters. The quantitative estimate of drug-likeness (QED) is 0.834. The lowest BCUT2D eigenvalue weighted by Crippen LogP contribution is -2.23. The van der Waals surface area contributed by atoms with Gasteiger partial charge in [-0.15, -0.1) is 0 Å². The van der Waals surface area contributed by atoms with Crippen molar-refractivity contribution < 1.29 is 4.79 Å². The Morgan fingerprint density at radius 1 is 1.24 bits per heavy atom. The molecule has 0 aliphatic rings. The number of nitrogens with zero attached hydrogens (tertiary/aromatic N) is 1. The molecule has 1 aromatic carbocycles. The third-order valence-corrected chi connectivity index (χ3v) is 3.44. The SMILES string of the molecule is CCc1ccccc1CNC(=O)c1cc(Cl)nc(NC)c1. The Labute approximate surface area is 129 Å². The molecule has 110 valence electrons. The molecule has 2 rings (SSSR count). The van der Waals surface area contributed by atoms with Gasteiger partial charge in [-0.2, -0.15) is 0 Å². The average Bonchev–Trinajstić information content (AvgIpc) is 2.52. The van der Waals surface area contributed by atoms with E-state index in [9.17, 15) is 4.79 Å². The summed E-state index contributed by atoms with van der Waals surface area (Å²) in [4.78, 5) is 16.3. The van der Waals surface area contributed by atoms with Crippen molar-refractivity contribution in [3.05, 3.63) is 58.2 Å². The second-order valence-electron chi connectivity index (χ2n) is 4.62. The molecule has 0 bridgehead atoms. The normalized spacial score (nSPS) is 10.2. The topological polar surface area (TPSA) is 54.0 Å². The predicted octanol–water partition coefficient (Wildman–Crippen LogP) is 3.27. The summed E-state index contributed by atoms with van der Waals surface area (Å²) in [7, 11) is 1.73. The summed E-state index contributed by atoms with van der Waals surface area (Å²) < 4.78 is 0. The van der Waals surface area contributed by atoms with E-state index in [1.807, 2.05) is 18.2 Å².